The van der Waals surface area contributed by atoms with E-state index in [1.807, 2.05) is 0 Å². The Bertz CT molecular complexity index is 594. The quantitative estimate of drug-likeness (QED) is 0.737. The van der Waals surface area contributed by atoms with Crippen LogP contribution in [0.1, 0.15) is 57.7 Å². The third kappa shape index (κ3) is 5.35. The van der Waals surface area contributed by atoms with Crippen LogP contribution in [0, 0.1) is 6.92 Å². The summed E-state index contributed by atoms with van der Waals surface area (Å²) in [5.74, 6) is 0. The van der Waals surface area contributed by atoms with Crippen molar-refractivity contribution in [3.8, 4) is 0 Å². The fraction of sp³-hybridized carbons (Fsp3) is 0.864. The highest BCUT2D eigenvalue weighted by Gasteiger charge is 2.34. The number of aryl methyl sites for hydroxylation is 2. The zero-order valence-electron chi connectivity index (χ0n) is 18.5. The molecule has 1 aromatic heterocycles. The van der Waals surface area contributed by atoms with Gasteiger partial charge in [-0.2, -0.15) is 5.10 Å². The van der Waals surface area contributed by atoms with E-state index in [0.717, 1.165) is 51.3 Å². The monoisotopic (exact) mass is 391 g/mol. The molecule has 1 atom stereocenters. The van der Waals surface area contributed by atoms with E-state index < -0.39 is 0 Å². The van der Waals surface area contributed by atoms with E-state index in [0.29, 0.717) is 18.1 Å². The Hall–Kier alpha value is -0.950. The van der Waals surface area contributed by atoms with Crippen LogP contribution >= 0.6 is 0 Å². The van der Waals surface area contributed by atoms with Crippen molar-refractivity contribution in [3.63, 3.8) is 0 Å². The van der Waals surface area contributed by atoms with Crippen LogP contribution in [0.2, 0.25) is 0 Å². The lowest BCUT2D eigenvalue weighted by molar-refractivity contribution is -0.0000823. The van der Waals surface area contributed by atoms with Gasteiger partial charge >= 0.3 is 0 Å². The summed E-state index contributed by atoms with van der Waals surface area (Å²) in [5.41, 5.74) is 2.52. The predicted molar refractivity (Wildman–Crippen MR) is 114 cm³/mol. The van der Waals surface area contributed by atoms with Gasteiger partial charge in [0.15, 0.2) is 0 Å². The van der Waals surface area contributed by atoms with Gasteiger partial charge < -0.3 is 10.0 Å². The number of aliphatic hydroxyl groups excluding tert-OH is 1. The van der Waals surface area contributed by atoms with Crippen LogP contribution in [0.3, 0.4) is 0 Å². The van der Waals surface area contributed by atoms with Gasteiger partial charge in [-0.1, -0.05) is 6.92 Å². The molecule has 160 valence electrons. The molecule has 2 saturated heterocycles. The predicted octanol–water partition coefficient (Wildman–Crippen LogP) is 2.34. The Morgan fingerprint density at radius 2 is 1.93 bits per heavy atom. The maximum Gasteiger partial charge on any atom is 0.0638 e. The van der Waals surface area contributed by atoms with Crippen LogP contribution in [0.4, 0.5) is 0 Å². The second-order valence-electron chi connectivity index (χ2n) is 9.00. The summed E-state index contributed by atoms with van der Waals surface area (Å²) in [6.45, 7) is 16.9. The second-order valence-corrected chi connectivity index (χ2v) is 9.00. The number of piperazine rings is 1. The Labute approximate surface area is 171 Å². The molecule has 0 aliphatic carbocycles. The molecule has 0 saturated carbocycles. The van der Waals surface area contributed by atoms with E-state index in [1.54, 1.807) is 0 Å². The molecule has 0 amide bonds. The first-order chi connectivity index (χ1) is 13.5. The largest absolute Gasteiger partial charge is 0.396 e. The first-order valence-electron chi connectivity index (χ1n) is 11.4. The van der Waals surface area contributed by atoms with Crippen LogP contribution in [0.5, 0.6) is 0 Å². The summed E-state index contributed by atoms with van der Waals surface area (Å²) < 4.78 is 2.09. The SMILES string of the molecule is CCCn1cc(CN2CCN(C3CCN(C(C)C)CC3)C(CCO)C2)c(C)n1. The fourth-order valence-corrected chi connectivity index (χ4v) is 5.00. The Kier molecular flexibility index (Phi) is 7.92. The molecule has 0 bridgehead atoms. The van der Waals surface area contributed by atoms with Gasteiger partial charge in [0.1, 0.15) is 0 Å². The Balaban J connectivity index is 1.58. The number of hydrogen-bond acceptors (Lipinski definition) is 5. The number of nitrogens with zero attached hydrogens (tertiary/aromatic N) is 5. The number of hydrogen-bond donors (Lipinski definition) is 1. The van der Waals surface area contributed by atoms with Gasteiger partial charge in [0.2, 0.25) is 0 Å². The molecule has 0 aromatic carbocycles. The molecule has 28 heavy (non-hydrogen) atoms. The highest BCUT2D eigenvalue weighted by Crippen LogP contribution is 2.25. The lowest BCUT2D eigenvalue weighted by Gasteiger charge is -2.48. The van der Waals surface area contributed by atoms with Crippen molar-refractivity contribution < 1.29 is 5.11 Å². The van der Waals surface area contributed by atoms with Crippen molar-refractivity contribution >= 4 is 0 Å². The van der Waals surface area contributed by atoms with Crippen molar-refractivity contribution in [2.45, 2.75) is 84.6 Å². The minimum Gasteiger partial charge on any atom is -0.396 e. The molecule has 3 heterocycles. The van der Waals surface area contributed by atoms with E-state index in [4.69, 9.17) is 0 Å². The van der Waals surface area contributed by atoms with Gasteiger partial charge in [0.05, 0.1) is 5.69 Å². The van der Waals surface area contributed by atoms with Crippen LogP contribution in [-0.4, -0.2) is 87.0 Å². The van der Waals surface area contributed by atoms with Gasteiger partial charge in [-0.05, 0) is 59.5 Å². The zero-order valence-corrected chi connectivity index (χ0v) is 18.5. The molecule has 6 nitrogen and oxygen atoms in total. The highest BCUT2D eigenvalue weighted by molar-refractivity contribution is 5.15. The number of likely N-dealkylation sites (tertiary alicyclic amines) is 1. The Morgan fingerprint density at radius 3 is 2.57 bits per heavy atom. The summed E-state index contributed by atoms with van der Waals surface area (Å²) in [6.07, 6.45) is 6.77. The molecule has 0 spiro atoms. The summed E-state index contributed by atoms with van der Waals surface area (Å²) in [6, 6.07) is 1.81. The molecular formula is C22H41N5O. The summed E-state index contributed by atoms with van der Waals surface area (Å²) >= 11 is 0. The van der Waals surface area contributed by atoms with E-state index >= 15 is 0 Å². The standard InChI is InChI=1S/C22H41N5O/c1-5-9-26-16-20(19(4)23-26)15-24-12-13-27(22(17-24)8-14-28)21-6-10-25(11-7-21)18(2)3/h16,18,21-22,28H,5-15,17H2,1-4H3. The Morgan fingerprint density at radius 1 is 1.18 bits per heavy atom. The highest BCUT2D eigenvalue weighted by atomic mass is 16.3. The van der Waals surface area contributed by atoms with Crippen LogP contribution in [0.15, 0.2) is 6.20 Å². The molecule has 2 aliphatic rings. The number of rotatable bonds is 8. The minimum atomic E-state index is 0.285. The molecule has 3 rings (SSSR count). The van der Waals surface area contributed by atoms with Crippen LogP contribution in [-0.2, 0) is 13.1 Å². The van der Waals surface area contributed by atoms with Gasteiger partial charge in [0.25, 0.3) is 0 Å². The first kappa shape index (κ1) is 21.8. The molecule has 1 unspecified atom stereocenters. The molecule has 0 radical (unpaired) electrons. The summed E-state index contributed by atoms with van der Waals surface area (Å²) in [7, 11) is 0. The first-order valence-corrected chi connectivity index (χ1v) is 11.4. The molecule has 1 N–H and O–H groups in total. The second kappa shape index (κ2) is 10.2. The molecule has 2 fully saturated rings. The van der Waals surface area contributed by atoms with E-state index in [9.17, 15) is 5.11 Å². The molecule has 1 aromatic rings. The van der Waals surface area contributed by atoms with Gasteiger partial charge in [0, 0.05) is 69.2 Å². The summed E-state index contributed by atoms with van der Waals surface area (Å²) in [5, 5.41) is 14.3. The summed E-state index contributed by atoms with van der Waals surface area (Å²) in [4.78, 5) is 7.89. The van der Waals surface area contributed by atoms with Gasteiger partial charge in [-0.25, -0.2) is 0 Å². The average molecular weight is 392 g/mol. The number of aromatic nitrogens is 2. The van der Waals surface area contributed by atoms with Crippen LogP contribution in [0.25, 0.3) is 0 Å². The zero-order chi connectivity index (χ0) is 20.1. The van der Waals surface area contributed by atoms with Crippen molar-refractivity contribution in [1.29, 1.82) is 0 Å². The number of aliphatic hydroxyl groups is 1. The molecule has 2 aliphatic heterocycles. The van der Waals surface area contributed by atoms with E-state index in [2.05, 4.69) is 58.4 Å². The lowest BCUT2D eigenvalue weighted by Crippen LogP contribution is -2.58. The fourth-order valence-electron chi connectivity index (χ4n) is 5.00. The van der Waals surface area contributed by atoms with Crippen molar-refractivity contribution in [2.24, 2.45) is 0 Å². The maximum atomic E-state index is 9.67. The third-order valence-electron chi connectivity index (χ3n) is 6.67. The topological polar surface area (TPSA) is 47.8 Å². The third-order valence-corrected chi connectivity index (χ3v) is 6.67. The van der Waals surface area contributed by atoms with Crippen molar-refractivity contribution in [1.82, 2.24) is 24.5 Å². The van der Waals surface area contributed by atoms with Crippen molar-refractivity contribution in [2.75, 3.05) is 39.3 Å². The smallest absolute Gasteiger partial charge is 0.0638 e. The van der Waals surface area contributed by atoms with E-state index in [-0.39, 0.29) is 6.61 Å². The lowest BCUT2D eigenvalue weighted by atomic mass is 9.97. The van der Waals surface area contributed by atoms with Gasteiger partial charge in [-0.3, -0.25) is 14.5 Å². The normalized spacial score (nSPS) is 23.7. The van der Waals surface area contributed by atoms with Crippen LogP contribution < -0.4 is 0 Å². The van der Waals surface area contributed by atoms with Gasteiger partial charge in [-0.15, -0.1) is 0 Å². The number of piperidine rings is 1. The molecule has 6 heteroatoms. The minimum absolute atomic E-state index is 0.285. The van der Waals surface area contributed by atoms with Crippen molar-refractivity contribution in [3.05, 3.63) is 17.5 Å². The molecular weight excluding hydrogens is 350 g/mol. The maximum absolute atomic E-state index is 9.67. The average Bonchev–Trinajstić information content (AvgIpc) is 3.02. The van der Waals surface area contributed by atoms with E-state index in [1.165, 1.54) is 31.5 Å².